The van der Waals surface area contributed by atoms with Gasteiger partial charge in [-0.2, -0.15) is 5.26 Å². The zero-order valence-electron chi connectivity index (χ0n) is 23.6. The van der Waals surface area contributed by atoms with E-state index in [1.54, 1.807) is 36.4 Å². The van der Waals surface area contributed by atoms with Gasteiger partial charge in [-0.05, 0) is 65.1 Å². The summed E-state index contributed by atoms with van der Waals surface area (Å²) in [6.45, 7) is 0. The average Bonchev–Trinajstić information content (AvgIpc) is 3.06. The summed E-state index contributed by atoms with van der Waals surface area (Å²) < 4.78 is 0.869. The van der Waals surface area contributed by atoms with E-state index in [-0.39, 0.29) is 12.2 Å². The second-order valence-electron chi connectivity index (χ2n) is 11.3. The third-order valence-corrected chi connectivity index (χ3v) is 10.1. The van der Waals surface area contributed by atoms with Gasteiger partial charge in [0.15, 0.2) is 5.78 Å². The molecule has 0 radical (unpaired) electrons. The fraction of sp³-hybridized carbons (Fsp3) is 0.158. The molecule has 1 N–H and O–H groups in total. The van der Waals surface area contributed by atoms with E-state index in [4.69, 9.17) is 23.2 Å². The van der Waals surface area contributed by atoms with Crippen LogP contribution in [0.3, 0.4) is 0 Å². The summed E-state index contributed by atoms with van der Waals surface area (Å²) in [5.74, 6) is -2.57. The van der Waals surface area contributed by atoms with Crippen molar-refractivity contribution in [2.24, 2.45) is 5.92 Å². The lowest BCUT2D eigenvalue weighted by Gasteiger charge is -2.56. The maximum atomic E-state index is 14.9. The molecule has 0 bridgehead atoms. The number of hydrogen-bond donors (Lipinski definition) is 1. The molecule has 0 aromatic heterocycles. The number of benzene rings is 5. The number of nitrogens with zero attached hydrogens (tertiary/aromatic N) is 1. The SMILES string of the molecule is N#C[C@]1(c2ccc(Br)cc2)[C@H](c2ccc(Cl)cc2)C[C@](O)(c2ccccc2)[C@@H](C(=O)c2ccccc2)[C@@H]1c1ccc(Cl)cc1. The van der Waals surface area contributed by atoms with E-state index in [1.165, 1.54) is 0 Å². The van der Waals surface area contributed by atoms with E-state index >= 15 is 0 Å². The van der Waals surface area contributed by atoms with Crippen LogP contribution in [0.5, 0.6) is 0 Å². The molecule has 1 aliphatic carbocycles. The van der Waals surface area contributed by atoms with Crippen molar-refractivity contribution in [3.8, 4) is 6.07 Å². The largest absolute Gasteiger partial charge is 0.384 e. The van der Waals surface area contributed by atoms with Gasteiger partial charge in [0.05, 0.1) is 17.4 Å². The van der Waals surface area contributed by atoms with Crippen LogP contribution in [0.15, 0.2) is 138 Å². The predicted molar refractivity (Wildman–Crippen MR) is 179 cm³/mol. The molecule has 1 saturated carbocycles. The minimum atomic E-state index is -1.64. The molecule has 218 valence electrons. The molecule has 5 aromatic carbocycles. The second-order valence-corrected chi connectivity index (χ2v) is 13.1. The van der Waals surface area contributed by atoms with Crippen molar-refractivity contribution in [1.82, 2.24) is 0 Å². The first-order valence-corrected chi connectivity index (χ1v) is 15.9. The molecule has 0 spiro atoms. The highest BCUT2D eigenvalue weighted by atomic mass is 79.9. The van der Waals surface area contributed by atoms with Crippen molar-refractivity contribution in [2.75, 3.05) is 0 Å². The lowest BCUT2D eigenvalue weighted by Crippen LogP contribution is -2.58. The predicted octanol–water partition coefficient (Wildman–Crippen LogP) is 9.88. The number of nitriles is 1. The Morgan fingerprint density at radius 2 is 1.25 bits per heavy atom. The van der Waals surface area contributed by atoms with Crippen LogP contribution in [-0.2, 0) is 11.0 Å². The second kappa shape index (κ2) is 12.3. The fourth-order valence-corrected chi connectivity index (χ4v) is 7.56. The molecule has 6 heteroatoms. The Bertz CT molecular complexity index is 1810. The van der Waals surface area contributed by atoms with Gasteiger partial charge in [-0.1, -0.05) is 136 Å². The molecule has 3 nitrogen and oxygen atoms in total. The molecule has 44 heavy (non-hydrogen) atoms. The van der Waals surface area contributed by atoms with Gasteiger partial charge in [-0.3, -0.25) is 4.79 Å². The van der Waals surface area contributed by atoms with E-state index in [1.807, 2.05) is 97.1 Å². The van der Waals surface area contributed by atoms with Gasteiger partial charge in [0.1, 0.15) is 5.60 Å². The Labute approximate surface area is 275 Å². The summed E-state index contributed by atoms with van der Waals surface area (Å²) in [4.78, 5) is 14.9. The molecule has 0 unspecified atom stereocenters. The van der Waals surface area contributed by atoms with E-state index in [0.717, 1.165) is 21.2 Å². The van der Waals surface area contributed by atoms with Crippen LogP contribution >= 0.6 is 39.1 Å². The maximum Gasteiger partial charge on any atom is 0.169 e. The summed E-state index contributed by atoms with van der Waals surface area (Å²) in [6, 6.07) is 43.6. The third kappa shape index (κ3) is 5.29. The Morgan fingerprint density at radius 1 is 0.727 bits per heavy atom. The van der Waals surface area contributed by atoms with Gasteiger partial charge in [0.25, 0.3) is 0 Å². The summed E-state index contributed by atoms with van der Waals surface area (Å²) in [7, 11) is 0. The van der Waals surface area contributed by atoms with Gasteiger partial charge in [0.2, 0.25) is 0 Å². The van der Waals surface area contributed by atoms with Gasteiger partial charge in [-0.25, -0.2) is 0 Å². The zero-order valence-corrected chi connectivity index (χ0v) is 26.7. The lowest BCUT2D eigenvalue weighted by molar-refractivity contribution is -0.0738. The number of carbonyl (C=O) groups is 1. The Hall–Kier alpha value is -3.72. The normalized spacial score (nSPS) is 24.8. The first-order valence-electron chi connectivity index (χ1n) is 14.3. The van der Waals surface area contributed by atoms with E-state index in [2.05, 4.69) is 22.0 Å². The number of Topliss-reactive ketones (excluding diaryl/α,β-unsaturated/α-hetero) is 1. The summed E-state index contributed by atoms with van der Waals surface area (Å²) in [5, 5.41) is 25.8. The van der Waals surface area contributed by atoms with Gasteiger partial charge in [-0.15, -0.1) is 0 Å². The van der Waals surface area contributed by atoms with Crippen molar-refractivity contribution in [3.05, 3.63) is 176 Å². The number of hydrogen-bond acceptors (Lipinski definition) is 3. The zero-order chi connectivity index (χ0) is 30.9. The average molecular weight is 681 g/mol. The fourth-order valence-electron chi connectivity index (χ4n) is 7.05. The monoisotopic (exact) mass is 679 g/mol. The topological polar surface area (TPSA) is 61.1 Å². The highest BCUT2D eigenvalue weighted by Crippen LogP contribution is 2.64. The smallest absolute Gasteiger partial charge is 0.169 e. The maximum absolute atomic E-state index is 14.9. The van der Waals surface area contributed by atoms with Crippen LogP contribution < -0.4 is 0 Å². The standard InChI is InChI=1S/C38H28BrCl2NO2/c39-30-17-15-28(16-18-30)37(24-42)33(25-11-19-31(40)20-12-25)23-38(44,29-9-5-2-6-10-29)35(36(43)27-7-3-1-4-8-27)34(37)26-13-21-32(41)22-14-26/h1-22,33-35,44H,23H2/t33-,34-,35+,37-,38-/m0/s1. The minimum Gasteiger partial charge on any atom is -0.384 e. The minimum absolute atomic E-state index is 0.121. The van der Waals surface area contributed by atoms with Crippen LogP contribution in [0.4, 0.5) is 0 Å². The van der Waals surface area contributed by atoms with Crippen LogP contribution in [-0.4, -0.2) is 10.9 Å². The molecule has 0 aliphatic heterocycles. The number of rotatable bonds is 6. The van der Waals surface area contributed by atoms with Crippen LogP contribution in [0.1, 0.15) is 50.9 Å². The first kappa shape index (κ1) is 30.3. The summed E-state index contributed by atoms with van der Waals surface area (Å²) >= 11 is 16.3. The van der Waals surface area contributed by atoms with Crippen molar-refractivity contribution in [2.45, 2.75) is 29.3 Å². The number of carbonyl (C=O) groups excluding carboxylic acids is 1. The molecule has 0 saturated heterocycles. The molecule has 5 atom stereocenters. The van der Waals surface area contributed by atoms with Crippen molar-refractivity contribution >= 4 is 44.9 Å². The lowest BCUT2D eigenvalue weighted by atomic mass is 9.46. The molecule has 1 aliphatic rings. The van der Waals surface area contributed by atoms with Gasteiger partial charge >= 0.3 is 0 Å². The molecule has 0 heterocycles. The molecule has 1 fully saturated rings. The number of ketones is 1. The number of halogens is 3. The third-order valence-electron chi connectivity index (χ3n) is 9.03. The van der Waals surface area contributed by atoms with Gasteiger partial charge < -0.3 is 5.11 Å². The molecular weight excluding hydrogens is 653 g/mol. The summed E-state index contributed by atoms with van der Waals surface area (Å²) in [6.07, 6.45) is 0.121. The molecule has 5 aromatic rings. The van der Waals surface area contributed by atoms with Crippen molar-refractivity contribution in [3.63, 3.8) is 0 Å². The van der Waals surface area contributed by atoms with E-state index in [9.17, 15) is 15.2 Å². The van der Waals surface area contributed by atoms with Crippen LogP contribution in [0.2, 0.25) is 10.0 Å². The van der Waals surface area contributed by atoms with Crippen LogP contribution in [0.25, 0.3) is 0 Å². The van der Waals surface area contributed by atoms with Crippen molar-refractivity contribution in [1.29, 1.82) is 5.26 Å². The van der Waals surface area contributed by atoms with E-state index < -0.39 is 28.8 Å². The first-order chi connectivity index (χ1) is 21.3. The van der Waals surface area contributed by atoms with Crippen LogP contribution in [0, 0.1) is 17.2 Å². The molecular formula is C38H28BrCl2NO2. The summed E-state index contributed by atoms with van der Waals surface area (Å²) in [5.41, 5.74) is 0.507. The quantitative estimate of drug-likeness (QED) is 0.182. The Balaban J connectivity index is 1.74. The highest BCUT2D eigenvalue weighted by Gasteiger charge is 2.64. The molecule has 0 amide bonds. The molecule has 6 rings (SSSR count). The highest BCUT2D eigenvalue weighted by molar-refractivity contribution is 9.10. The Kier molecular flexibility index (Phi) is 8.51. The Morgan fingerprint density at radius 3 is 1.80 bits per heavy atom. The van der Waals surface area contributed by atoms with Crippen molar-refractivity contribution < 1.29 is 9.90 Å². The van der Waals surface area contributed by atoms with Gasteiger partial charge in [0, 0.05) is 31.9 Å². The van der Waals surface area contributed by atoms with E-state index in [0.29, 0.717) is 21.2 Å². The number of aliphatic hydroxyl groups is 1.